The predicted molar refractivity (Wildman–Crippen MR) is 115 cm³/mol. The maximum atomic E-state index is 13.6. The number of aliphatic hydroxyl groups excluding tert-OH is 2. The molecule has 31 heavy (non-hydrogen) atoms. The lowest BCUT2D eigenvalue weighted by atomic mass is 9.97. The van der Waals surface area contributed by atoms with E-state index in [0.717, 1.165) is 4.90 Å². The minimum absolute atomic E-state index is 0.0153. The Kier molecular flexibility index (Phi) is 7.17. The lowest BCUT2D eigenvalue weighted by Gasteiger charge is -2.41. The number of aliphatic hydroxyl groups is 2. The first-order valence-electron chi connectivity index (χ1n) is 10.0. The minimum Gasteiger partial charge on any atom is -0.444 e. The van der Waals surface area contributed by atoms with E-state index >= 15 is 0 Å². The molecule has 0 saturated carbocycles. The van der Waals surface area contributed by atoms with Gasteiger partial charge in [0.05, 0.1) is 12.1 Å². The molecule has 0 aliphatic carbocycles. The Hall–Kier alpha value is -2.86. The Morgan fingerprint density at radius 2 is 1.90 bits per heavy atom. The number of anilines is 3. The topological polar surface area (TPSA) is 183 Å². The fraction of sp³-hybridized carbons (Fsp3) is 0.684. The van der Waals surface area contributed by atoms with E-state index < -0.39 is 47.5 Å². The average molecular weight is 441 g/mol. The molecule has 1 aliphatic rings. The first-order chi connectivity index (χ1) is 14.2. The average Bonchev–Trinajstić information content (AvgIpc) is 2.62. The minimum atomic E-state index is -1.38. The molecular weight excluding hydrogens is 408 g/mol. The fourth-order valence-corrected chi connectivity index (χ4v) is 3.27. The third-order valence-electron chi connectivity index (χ3n) is 4.71. The number of hydrogen-bond acceptors (Lipinski definition) is 9. The summed E-state index contributed by atoms with van der Waals surface area (Å²) in [7, 11) is 0. The normalized spacial score (nSPS) is 19.1. The van der Waals surface area contributed by atoms with Crippen molar-refractivity contribution in [2.24, 2.45) is 5.92 Å². The van der Waals surface area contributed by atoms with E-state index in [9.17, 15) is 24.6 Å². The molecule has 0 saturated heterocycles. The number of carbonyl (C=O) groups excluding carboxylic acids is 2. The molecule has 4 unspecified atom stereocenters. The van der Waals surface area contributed by atoms with Crippen molar-refractivity contribution >= 4 is 29.5 Å². The summed E-state index contributed by atoms with van der Waals surface area (Å²) in [6, 6.07) is -2.09. The van der Waals surface area contributed by atoms with Crippen LogP contribution < -0.4 is 26.8 Å². The maximum absolute atomic E-state index is 13.6. The Morgan fingerprint density at radius 3 is 2.42 bits per heavy atom. The number of aromatic nitrogens is 2. The standard InChI is InChI=1S/C19H32N6O6/c1-8(2)11(22-18(30)31-19(4,5)6)16(29)25-10(13(27)9(3)26)7-21-14-12(25)15(28)24-17(20)23-14/h8-11,13,26-27H,7H2,1-6H3,(H,22,30)(H4,20,21,23,24,28). The zero-order chi connectivity index (χ0) is 23.7. The zero-order valence-corrected chi connectivity index (χ0v) is 18.6. The second-order valence-corrected chi connectivity index (χ2v) is 8.91. The predicted octanol–water partition coefficient (Wildman–Crippen LogP) is -0.230. The van der Waals surface area contributed by atoms with E-state index in [1.54, 1.807) is 34.6 Å². The van der Waals surface area contributed by atoms with Gasteiger partial charge in [-0.05, 0) is 33.6 Å². The maximum Gasteiger partial charge on any atom is 0.408 e. The number of nitrogens with two attached hydrogens (primary N) is 1. The van der Waals surface area contributed by atoms with Gasteiger partial charge in [0.25, 0.3) is 5.91 Å². The lowest BCUT2D eigenvalue weighted by Crippen LogP contribution is -2.63. The van der Waals surface area contributed by atoms with Crippen LogP contribution in [0, 0.1) is 5.92 Å². The van der Waals surface area contributed by atoms with Gasteiger partial charge in [0, 0.05) is 6.54 Å². The number of carbonyl (C=O) groups is 2. The summed E-state index contributed by atoms with van der Waals surface area (Å²) in [5, 5.41) is 25.9. The van der Waals surface area contributed by atoms with Crippen LogP contribution in [0.2, 0.25) is 0 Å². The van der Waals surface area contributed by atoms with Gasteiger partial charge in [-0.1, -0.05) is 13.8 Å². The van der Waals surface area contributed by atoms with Crippen LogP contribution in [0.1, 0.15) is 41.5 Å². The van der Waals surface area contributed by atoms with E-state index in [4.69, 9.17) is 10.5 Å². The molecular formula is C19H32N6O6. The van der Waals surface area contributed by atoms with Crippen LogP contribution in [0.3, 0.4) is 0 Å². The van der Waals surface area contributed by atoms with Crippen LogP contribution in [-0.2, 0) is 9.53 Å². The Labute approximate surface area is 180 Å². The Bertz CT molecular complexity index is 878. The summed E-state index contributed by atoms with van der Waals surface area (Å²) in [5.41, 5.74) is 3.87. The van der Waals surface area contributed by atoms with Crippen molar-refractivity contribution in [1.29, 1.82) is 0 Å². The van der Waals surface area contributed by atoms with Crippen molar-refractivity contribution in [3.63, 3.8) is 0 Å². The van der Waals surface area contributed by atoms with Crippen molar-refractivity contribution < 1.29 is 24.5 Å². The highest BCUT2D eigenvalue weighted by Gasteiger charge is 2.43. The van der Waals surface area contributed by atoms with Crippen molar-refractivity contribution in [2.45, 2.75) is 71.4 Å². The summed E-state index contributed by atoms with van der Waals surface area (Å²) in [5.74, 6) is -1.04. The van der Waals surface area contributed by atoms with Crippen molar-refractivity contribution in [3.05, 3.63) is 10.4 Å². The first kappa shape index (κ1) is 24.4. The molecule has 2 rings (SSSR count). The molecule has 1 aliphatic heterocycles. The van der Waals surface area contributed by atoms with Crippen LogP contribution in [0.25, 0.3) is 0 Å². The molecule has 12 heteroatoms. The molecule has 12 nitrogen and oxygen atoms in total. The number of nitrogen functional groups attached to an aromatic ring is 1. The highest BCUT2D eigenvalue weighted by Crippen LogP contribution is 2.30. The van der Waals surface area contributed by atoms with Gasteiger partial charge in [0.15, 0.2) is 5.69 Å². The van der Waals surface area contributed by atoms with Gasteiger partial charge in [-0.3, -0.25) is 14.5 Å². The molecule has 0 radical (unpaired) electrons. The van der Waals surface area contributed by atoms with Crippen molar-refractivity contribution in [3.8, 4) is 0 Å². The smallest absolute Gasteiger partial charge is 0.408 e. The second kappa shape index (κ2) is 9.10. The number of rotatable bonds is 5. The number of alkyl carbamates (subject to hydrolysis) is 1. The molecule has 0 bridgehead atoms. The SMILES string of the molecule is CC(C)C(NC(=O)OC(C)(C)C)C(=O)N1c2c([nH]c(N)nc2=O)NCC1C(O)C(C)O. The van der Waals surface area contributed by atoms with E-state index in [2.05, 4.69) is 20.6 Å². The quantitative estimate of drug-likeness (QED) is 0.360. The summed E-state index contributed by atoms with van der Waals surface area (Å²) in [6.45, 7) is 9.89. The first-order valence-corrected chi connectivity index (χ1v) is 10.0. The summed E-state index contributed by atoms with van der Waals surface area (Å²) in [6.07, 6.45) is -3.37. The largest absolute Gasteiger partial charge is 0.444 e. The van der Waals surface area contributed by atoms with Crippen molar-refractivity contribution in [2.75, 3.05) is 22.5 Å². The molecule has 1 aromatic rings. The summed E-state index contributed by atoms with van der Waals surface area (Å²) < 4.78 is 5.26. The third kappa shape index (κ3) is 5.64. The van der Waals surface area contributed by atoms with Gasteiger partial charge in [0.1, 0.15) is 23.6 Å². The molecule has 174 valence electrons. The molecule has 0 spiro atoms. The number of hydrogen-bond donors (Lipinski definition) is 6. The highest BCUT2D eigenvalue weighted by molar-refractivity contribution is 6.02. The number of nitrogens with zero attached hydrogens (tertiary/aromatic N) is 2. The molecule has 7 N–H and O–H groups in total. The van der Waals surface area contributed by atoms with Gasteiger partial charge in [0.2, 0.25) is 5.95 Å². The molecule has 4 atom stereocenters. The van der Waals surface area contributed by atoms with E-state index in [0.29, 0.717) is 0 Å². The van der Waals surface area contributed by atoms with Crippen LogP contribution in [0.5, 0.6) is 0 Å². The fourth-order valence-electron chi connectivity index (χ4n) is 3.27. The Balaban J connectivity index is 2.51. The molecule has 0 aromatic carbocycles. The summed E-state index contributed by atoms with van der Waals surface area (Å²) >= 11 is 0. The van der Waals surface area contributed by atoms with Crippen LogP contribution in [0.15, 0.2) is 4.79 Å². The third-order valence-corrected chi connectivity index (χ3v) is 4.71. The van der Waals surface area contributed by atoms with Crippen LogP contribution >= 0.6 is 0 Å². The van der Waals surface area contributed by atoms with E-state index in [1.165, 1.54) is 6.92 Å². The monoisotopic (exact) mass is 440 g/mol. The van der Waals surface area contributed by atoms with Crippen LogP contribution in [-0.4, -0.2) is 68.6 Å². The number of nitrogens with one attached hydrogen (secondary N) is 3. The number of aromatic amines is 1. The summed E-state index contributed by atoms with van der Waals surface area (Å²) in [4.78, 5) is 46.0. The number of amides is 2. The number of H-pyrrole nitrogens is 1. The van der Waals surface area contributed by atoms with Gasteiger partial charge in [-0.15, -0.1) is 0 Å². The highest BCUT2D eigenvalue weighted by atomic mass is 16.6. The van der Waals surface area contributed by atoms with E-state index in [-0.39, 0.29) is 29.9 Å². The van der Waals surface area contributed by atoms with Crippen LogP contribution in [0.4, 0.5) is 22.2 Å². The Morgan fingerprint density at radius 1 is 1.29 bits per heavy atom. The number of fused-ring (bicyclic) bond motifs is 1. The van der Waals surface area contributed by atoms with Crippen molar-refractivity contribution in [1.82, 2.24) is 15.3 Å². The lowest BCUT2D eigenvalue weighted by molar-refractivity contribution is -0.123. The van der Waals surface area contributed by atoms with Gasteiger partial charge >= 0.3 is 11.7 Å². The van der Waals surface area contributed by atoms with Gasteiger partial charge in [-0.25, -0.2) is 4.79 Å². The molecule has 0 fully saturated rings. The molecule has 2 amide bonds. The zero-order valence-electron chi connectivity index (χ0n) is 18.6. The number of ether oxygens (including phenoxy) is 1. The molecule has 1 aromatic heterocycles. The van der Waals surface area contributed by atoms with Gasteiger partial charge < -0.3 is 36.3 Å². The van der Waals surface area contributed by atoms with E-state index in [1.807, 2.05) is 0 Å². The van der Waals surface area contributed by atoms with Gasteiger partial charge in [-0.2, -0.15) is 4.98 Å². The second-order valence-electron chi connectivity index (χ2n) is 8.91. The molecule has 2 heterocycles.